The highest BCUT2D eigenvalue weighted by Gasteiger charge is 2.33. The molecule has 6 nitrogen and oxygen atoms in total. The molecule has 0 aliphatic carbocycles. The van der Waals surface area contributed by atoms with E-state index < -0.39 is 0 Å². The summed E-state index contributed by atoms with van der Waals surface area (Å²) >= 11 is 0. The molecule has 1 amide bonds. The van der Waals surface area contributed by atoms with Crippen LogP contribution in [0.2, 0.25) is 0 Å². The summed E-state index contributed by atoms with van der Waals surface area (Å²) < 4.78 is 1.74. The van der Waals surface area contributed by atoms with Crippen LogP contribution in [0.3, 0.4) is 0 Å². The van der Waals surface area contributed by atoms with Gasteiger partial charge in [0, 0.05) is 44.8 Å². The average Bonchev–Trinajstić information content (AvgIpc) is 3.00. The van der Waals surface area contributed by atoms with Gasteiger partial charge in [-0.1, -0.05) is 0 Å². The first-order chi connectivity index (χ1) is 11.1. The fraction of sp³-hybridized carbons (Fsp3) is 0.471. The van der Waals surface area contributed by atoms with Gasteiger partial charge >= 0.3 is 0 Å². The number of likely N-dealkylation sites (N-methyl/N-ethyl adjacent to an activating group) is 1. The molecule has 6 heteroatoms. The van der Waals surface area contributed by atoms with Gasteiger partial charge in [0.25, 0.3) is 0 Å². The molecule has 2 aromatic heterocycles. The number of nitrogens with zero attached hydrogens (tertiary/aromatic N) is 5. The van der Waals surface area contributed by atoms with Gasteiger partial charge in [-0.2, -0.15) is 5.10 Å². The van der Waals surface area contributed by atoms with Gasteiger partial charge in [0.15, 0.2) is 5.82 Å². The predicted octanol–water partition coefficient (Wildman–Crippen LogP) is 1.48. The van der Waals surface area contributed by atoms with E-state index in [1.165, 1.54) is 5.56 Å². The zero-order valence-electron chi connectivity index (χ0n) is 13.7. The van der Waals surface area contributed by atoms with Crippen LogP contribution < -0.4 is 4.90 Å². The second-order valence-electron chi connectivity index (χ2n) is 6.08. The Morgan fingerprint density at radius 1 is 1.30 bits per heavy atom. The molecule has 23 heavy (non-hydrogen) atoms. The third-order valence-electron chi connectivity index (χ3n) is 4.42. The van der Waals surface area contributed by atoms with E-state index in [9.17, 15) is 4.79 Å². The lowest BCUT2D eigenvalue weighted by Gasteiger charge is -2.35. The molecule has 122 valence electrons. The van der Waals surface area contributed by atoms with Gasteiger partial charge in [-0.15, -0.1) is 0 Å². The van der Waals surface area contributed by atoms with Crippen molar-refractivity contribution in [2.45, 2.75) is 25.3 Å². The van der Waals surface area contributed by atoms with Crippen molar-refractivity contribution >= 4 is 11.7 Å². The van der Waals surface area contributed by atoms with E-state index in [0.717, 1.165) is 38.2 Å². The number of aromatic nitrogens is 3. The Bertz CT molecular complexity index is 654. The number of amides is 1. The van der Waals surface area contributed by atoms with E-state index in [0.29, 0.717) is 0 Å². The number of rotatable bonds is 5. The van der Waals surface area contributed by atoms with Gasteiger partial charge in [0.1, 0.15) is 0 Å². The smallest absolute Gasteiger partial charge is 0.245 e. The summed E-state index contributed by atoms with van der Waals surface area (Å²) in [6.45, 7) is 1.61. The number of pyridine rings is 1. The number of aryl methyl sites for hydroxylation is 1. The Kier molecular flexibility index (Phi) is 4.71. The van der Waals surface area contributed by atoms with Crippen LogP contribution in [0.5, 0.6) is 0 Å². The minimum atomic E-state index is -0.0624. The maximum absolute atomic E-state index is 12.8. The van der Waals surface area contributed by atoms with Crippen LogP contribution in [0.15, 0.2) is 36.8 Å². The molecule has 1 saturated heterocycles. The van der Waals surface area contributed by atoms with E-state index in [1.54, 1.807) is 4.68 Å². The Balaban J connectivity index is 1.63. The fourth-order valence-electron chi connectivity index (χ4n) is 3.05. The summed E-state index contributed by atoms with van der Waals surface area (Å²) in [6, 6.07) is 5.89. The monoisotopic (exact) mass is 313 g/mol. The van der Waals surface area contributed by atoms with Gasteiger partial charge in [-0.3, -0.25) is 24.3 Å². The SMILES string of the molecule is CN(CCc1ccncc1)[C@H]1CCCN(c2ccn(C)n2)C1=O. The van der Waals surface area contributed by atoms with E-state index >= 15 is 0 Å². The van der Waals surface area contributed by atoms with Crippen LogP contribution in [0.25, 0.3) is 0 Å². The Hall–Kier alpha value is -2.21. The van der Waals surface area contributed by atoms with Crippen LogP contribution in [-0.2, 0) is 18.3 Å². The minimum absolute atomic E-state index is 0.0624. The van der Waals surface area contributed by atoms with Crippen molar-refractivity contribution < 1.29 is 4.79 Å². The number of carbonyl (C=O) groups is 1. The van der Waals surface area contributed by atoms with Crippen LogP contribution in [0.4, 0.5) is 5.82 Å². The van der Waals surface area contributed by atoms with Crippen molar-refractivity contribution in [3.63, 3.8) is 0 Å². The highest BCUT2D eigenvalue weighted by molar-refractivity contribution is 5.97. The van der Waals surface area contributed by atoms with Crippen LogP contribution in [0, 0.1) is 0 Å². The summed E-state index contributed by atoms with van der Waals surface area (Å²) in [5, 5.41) is 4.37. The van der Waals surface area contributed by atoms with Gasteiger partial charge in [-0.05, 0) is 44.0 Å². The van der Waals surface area contributed by atoms with E-state index in [2.05, 4.69) is 15.0 Å². The van der Waals surface area contributed by atoms with E-state index in [1.807, 2.05) is 55.8 Å². The fourth-order valence-corrected chi connectivity index (χ4v) is 3.05. The lowest BCUT2D eigenvalue weighted by Crippen LogP contribution is -2.52. The zero-order valence-corrected chi connectivity index (χ0v) is 13.7. The standard InChI is InChI=1S/C17H23N5O/c1-20(12-7-14-5-9-18-10-6-14)15-4-3-11-22(17(15)23)16-8-13-21(2)19-16/h5-6,8-10,13,15H,3-4,7,11-12H2,1-2H3/t15-/m0/s1. The van der Waals surface area contributed by atoms with E-state index in [-0.39, 0.29) is 11.9 Å². The van der Waals surface area contributed by atoms with E-state index in [4.69, 9.17) is 0 Å². The molecule has 1 atom stereocenters. The van der Waals surface area contributed by atoms with Crippen LogP contribution in [0.1, 0.15) is 18.4 Å². The first kappa shape index (κ1) is 15.7. The lowest BCUT2D eigenvalue weighted by molar-refractivity contribution is -0.124. The largest absolute Gasteiger partial charge is 0.295 e. The second-order valence-corrected chi connectivity index (χ2v) is 6.08. The molecule has 1 aliphatic heterocycles. The summed E-state index contributed by atoms with van der Waals surface area (Å²) in [5.74, 6) is 0.914. The Morgan fingerprint density at radius 2 is 2.09 bits per heavy atom. The molecule has 0 unspecified atom stereocenters. The van der Waals surface area contributed by atoms with Crippen molar-refractivity contribution in [1.82, 2.24) is 19.7 Å². The van der Waals surface area contributed by atoms with Gasteiger partial charge < -0.3 is 0 Å². The molecule has 2 aromatic rings. The highest BCUT2D eigenvalue weighted by atomic mass is 16.2. The molecule has 0 saturated carbocycles. The molecule has 1 fully saturated rings. The first-order valence-corrected chi connectivity index (χ1v) is 8.05. The minimum Gasteiger partial charge on any atom is -0.295 e. The number of piperidine rings is 1. The Labute approximate surface area is 136 Å². The molecule has 3 rings (SSSR count). The first-order valence-electron chi connectivity index (χ1n) is 8.05. The van der Waals surface area contributed by atoms with Gasteiger partial charge in [-0.25, -0.2) is 0 Å². The normalized spacial score (nSPS) is 18.7. The number of hydrogen-bond donors (Lipinski definition) is 0. The summed E-state index contributed by atoms with van der Waals surface area (Å²) in [5.41, 5.74) is 1.25. The molecular weight excluding hydrogens is 290 g/mol. The quantitative estimate of drug-likeness (QED) is 0.839. The molecule has 0 spiro atoms. The highest BCUT2D eigenvalue weighted by Crippen LogP contribution is 2.21. The van der Waals surface area contributed by atoms with Crippen molar-refractivity contribution in [1.29, 1.82) is 0 Å². The van der Waals surface area contributed by atoms with Crippen molar-refractivity contribution in [2.75, 3.05) is 25.0 Å². The summed E-state index contributed by atoms with van der Waals surface area (Å²) in [6.07, 6.45) is 8.33. The predicted molar refractivity (Wildman–Crippen MR) is 89.2 cm³/mol. The molecule has 0 N–H and O–H groups in total. The number of carbonyl (C=O) groups excluding carboxylic acids is 1. The molecule has 0 bridgehead atoms. The summed E-state index contributed by atoms with van der Waals surface area (Å²) in [7, 11) is 3.90. The number of hydrogen-bond acceptors (Lipinski definition) is 4. The lowest BCUT2D eigenvalue weighted by atomic mass is 10.0. The molecule has 0 aromatic carbocycles. The van der Waals surface area contributed by atoms with Crippen molar-refractivity contribution in [2.24, 2.45) is 7.05 Å². The third kappa shape index (κ3) is 3.59. The number of anilines is 1. The van der Waals surface area contributed by atoms with Crippen LogP contribution in [-0.4, -0.2) is 51.8 Å². The maximum Gasteiger partial charge on any atom is 0.245 e. The van der Waals surface area contributed by atoms with Gasteiger partial charge in [0.05, 0.1) is 6.04 Å². The van der Waals surface area contributed by atoms with Gasteiger partial charge in [0.2, 0.25) is 5.91 Å². The topological polar surface area (TPSA) is 54.3 Å². The molecular formula is C17H23N5O. The average molecular weight is 313 g/mol. The molecule has 3 heterocycles. The zero-order chi connectivity index (χ0) is 16.2. The Morgan fingerprint density at radius 3 is 2.78 bits per heavy atom. The third-order valence-corrected chi connectivity index (χ3v) is 4.42. The maximum atomic E-state index is 12.8. The van der Waals surface area contributed by atoms with Crippen molar-refractivity contribution in [3.8, 4) is 0 Å². The van der Waals surface area contributed by atoms with Crippen molar-refractivity contribution in [3.05, 3.63) is 42.4 Å². The second kappa shape index (κ2) is 6.91. The van der Waals surface area contributed by atoms with Crippen LogP contribution >= 0.6 is 0 Å². The molecule has 1 aliphatic rings. The molecule has 0 radical (unpaired) electrons. The summed E-state index contributed by atoms with van der Waals surface area (Å²) in [4.78, 5) is 20.8.